The van der Waals surface area contributed by atoms with Gasteiger partial charge in [0.05, 0.1) is 18.5 Å². The van der Waals surface area contributed by atoms with Gasteiger partial charge in [-0.25, -0.2) is 4.68 Å². The summed E-state index contributed by atoms with van der Waals surface area (Å²) in [6.45, 7) is 3.90. The number of hydrogen-bond donors (Lipinski definition) is 1. The number of carbonyl (C=O) groups excluding carboxylic acids is 1. The van der Waals surface area contributed by atoms with Crippen LogP contribution in [-0.4, -0.2) is 52.0 Å². The van der Waals surface area contributed by atoms with E-state index >= 15 is 0 Å². The van der Waals surface area contributed by atoms with Crippen LogP contribution in [0.1, 0.15) is 30.3 Å². The fourth-order valence-electron chi connectivity index (χ4n) is 2.85. The van der Waals surface area contributed by atoms with Crippen molar-refractivity contribution in [1.82, 2.24) is 14.7 Å². The molecule has 24 heavy (non-hydrogen) atoms. The molecule has 2 heterocycles. The lowest BCUT2D eigenvalue weighted by Crippen LogP contribution is -2.30. The first-order chi connectivity index (χ1) is 11.7. The molecule has 1 aromatic carbocycles. The number of amides is 1. The molecule has 1 aromatic heterocycles. The SMILES string of the molecule is CCCOc1cn(-c2ccccc2)nc1C(=O)N1CCC(CO)C1. The van der Waals surface area contributed by atoms with Crippen molar-refractivity contribution in [2.75, 3.05) is 26.3 Å². The highest BCUT2D eigenvalue weighted by Crippen LogP contribution is 2.24. The van der Waals surface area contributed by atoms with Gasteiger partial charge in [0.2, 0.25) is 0 Å². The van der Waals surface area contributed by atoms with Gasteiger partial charge in [0.1, 0.15) is 0 Å². The average molecular weight is 329 g/mol. The summed E-state index contributed by atoms with van der Waals surface area (Å²) >= 11 is 0. The van der Waals surface area contributed by atoms with Crippen molar-refractivity contribution < 1.29 is 14.6 Å². The van der Waals surface area contributed by atoms with Crippen LogP contribution in [0, 0.1) is 5.92 Å². The standard InChI is InChI=1S/C18H23N3O3/c1-2-10-24-16-12-21(15-6-4-3-5-7-15)19-17(16)18(23)20-9-8-14(11-20)13-22/h3-7,12,14,22H,2,8-11,13H2,1H3. The van der Waals surface area contributed by atoms with E-state index in [1.807, 2.05) is 37.3 Å². The number of para-hydroxylation sites is 1. The van der Waals surface area contributed by atoms with Crippen molar-refractivity contribution >= 4 is 5.91 Å². The van der Waals surface area contributed by atoms with E-state index in [2.05, 4.69) is 5.10 Å². The van der Waals surface area contributed by atoms with E-state index in [4.69, 9.17) is 4.74 Å². The van der Waals surface area contributed by atoms with Gasteiger partial charge in [-0.05, 0) is 25.0 Å². The minimum Gasteiger partial charge on any atom is -0.489 e. The van der Waals surface area contributed by atoms with Crippen molar-refractivity contribution in [3.8, 4) is 11.4 Å². The second kappa shape index (κ2) is 7.49. The van der Waals surface area contributed by atoms with E-state index in [1.54, 1.807) is 15.8 Å². The molecule has 1 unspecified atom stereocenters. The van der Waals surface area contributed by atoms with E-state index in [1.165, 1.54) is 0 Å². The number of rotatable bonds is 6. The van der Waals surface area contributed by atoms with Crippen LogP contribution in [0.25, 0.3) is 5.69 Å². The predicted molar refractivity (Wildman–Crippen MR) is 90.4 cm³/mol. The zero-order valence-corrected chi connectivity index (χ0v) is 13.9. The highest BCUT2D eigenvalue weighted by atomic mass is 16.5. The van der Waals surface area contributed by atoms with Crippen LogP contribution in [0.2, 0.25) is 0 Å². The fraction of sp³-hybridized carbons (Fsp3) is 0.444. The third kappa shape index (κ3) is 3.43. The molecule has 2 aromatic rings. The molecule has 1 fully saturated rings. The Morgan fingerprint density at radius 2 is 2.17 bits per heavy atom. The molecule has 1 saturated heterocycles. The minimum absolute atomic E-state index is 0.113. The molecule has 0 radical (unpaired) electrons. The Morgan fingerprint density at radius 1 is 1.38 bits per heavy atom. The second-order valence-corrected chi connectivity index (χ2v) is 6.06. The summed E-state index contributed by atoms with van der Waals surface area (Å²) in [4.78, 5) is 14.6. The molecular weight excluding hydrogens is 306 g/mol. The molecule has 6 nitrogen and oxygen atoms in total. The monoisotopic (exact) mass is 329 g/mol. The molecule has 1 aliphatic heterocycles. The number of nitrogens with zero attached hydrogens (tertiary/aromatic N) is 3. The minimum atomic E-state index is -0.133. The zero-order chi connectivity index (χ0) is 16.9. The number of hydrogen-bond acceptors (Lipinski definition) is 4. The predicted octanol–water partition coefficient (Wildman–Crippen LogP) is 2.12. The Balaban J connectivity index is 1.87. The van der Waals surface area contributed by atoms with Crippen LogP contribution in [0.3, 0.4) is 0 Å². The second-order valence-electron chi connectivity index (χ2n) is 6.06. The van der Waals surface area contributed by atoms with E-state index in [0.717, 1.165) is 18.5 Å². The van der Waals surface area contributed by atoms with E-state index < -0.39 is 0 Å². The molecule has 1 atom stereocenters. The van der Waals surface area contributed by atoms with Gasteiger partial charge in [-0.3, -0.25) is 4.79 Å². The van der Waals surface area contributed by atoms with Crippen LogP contribution < -0.4 is 4.74 Å². The molecule has 0 saturated carbocycles. The van der Waals surface area contributed by atoms with E-state index in [0.29, 0.717) is 31.1 Å². The molecule has 1 aliphatic rings. The third-order valence-corrected chi connectivity index (χ3v) is 4.20. The quantitative estimate of drug-likeness (QED) is 0.881. The molecule has 3 rings (SSSR count). The van der Waals surface area contributed by atoms with E-state index in [-0.39, 0.29) is 18.4 Å². The number of aliphatic hydroxyl groups excluding tert-OH is 1. The van der Waals surface area contributed by atoms with Crippen molar-refractivity contribution in [3.63, 3.8) is 0 Å². The average Bonchev–Trinajstić information content (AvgIpc) is 3.27. The maximum atomic E-state index is 12.8. The lowest BCUT2D eigenvalue weighted by atomic mass is 10.1. The van der Waals surface area contributed by atoms with Crippen LogP contribution in [-0.2, 0) is 0 Å². The highest BCUT2D eigenvalue weighted by molar-refractivity contribution is 5.95. The Kier molecular flexibility index (Phi) is 5.15. The fourth-order valence-corrected chi connectivity index (χ4v) is 2.85. The van der Waals surface area contributed by atoms with Crippen LogP contribution in [0.15, 0.2) is 36.5 Å². The zero-order valence-electron chi connectivity index (χ0n) is 13.9. The Hall–Kier alpha value is -2.34. The first-order valence-corrected chi connectivity index (χ1v) is 8.41. The van der Waals surface area contributed by atoms with Crippen molar-refractivity contribution in [1.29, 1.82) is 0 Å². The van der Waals surface area contributed by atoms with Gasteiger partial charge in [-0.1, -0.05) is 25.1 Å². The van der Waals surface area contributed by atoms with Gasteiger partial charge in [0.15, 0.2) is 11.4 Å². The molecular formula is C18H23N3O3. The van der Waals surface area contributed by atoms with Crippen molar-refractivity contribution in [2.45, 2.75) is 19.8 Å². The van der Waals surface area contributed by atoms with Crippen LogP contribution in [0.4, 0.5) is 0 Å². The summed E-state index contributed by atoms with van der Waals surface area (Å²) in [5.41, 5.74) is 1.22. The van der Waals surface area contributed by atoms with Crippen LogP contribution in [0.5, 0.6) is 5.75 Å². The third-order valence-electron chi connectivity index (χ3n) is 4.20. The highest BCUT2D eigenvalue weighted by Gasteiger charge is 2.30. The molecule has 0 aliphatic carbocycles. The normalized spacial score (nSPS) is 17.2. The first-order valence-electron chi connectivity index (χ1n) is 8.41. The van der Waals surface area contributed by atoms with Gasteiger partial charge in [-0.15, -0.1) is 0 Å². The summed E-state index contributed by atoms with van der Waals surface area (Å²) in [7, 11) is 0. The Bertz CT molecular complexity index is 684. The molecule has 1 N–H and O–H groups in total. The molecule has 1 amide bonds. The Labute approximate surface area is 141 Å². The summed E-state index contributed by atoms with van der Waals surface area (Å²) in [5.74, 6) is 0.537. The van der Waals surface area contributed by atoms with E-state index in [9.17, 15) is 9.90 Å². The van der Waals surface area contributed by atoms with Crippen molar-refractivity contribution in [3.05, 3.63) is 42.2 Å². The van der Waals surface area contributed by atoms with Gasteiger partial charge < -0.3 is 14.7 Å². The largest absolute Gasteiger partial charge is 0.489 e. The van der Waals surface area contributed by atoms with Gasteiger partial charge in [-0.2, -0.15) is 5.10 Å². The van der Waals surface area contributed by atoms with Gasteiger partial charge >= 0.3 is 0 Å². The van der Waals surface area contributed by atoms with Crippen LogP contribution >= 0.6 is 0 Å². The maximum Gasteiger partial charge on any atom is 0.278 e. The van der Waals surface area contributed by atoms with Gasteiger partial charge in [0.25, 0.3) is 5.91 Å². The summed E-state index contributed by atoms with van der Waals surface area (Å²) in [5, 5.41) is 13.7. The number of carbonyl (C=O) groups is 1. The molecule has 0 bridgehead atoms. The summed E-state index contributed by atoms with van der Waals surface area (Å²) in [6.07, 6.45) is 3.45. The molecule has 0 spiro atoms. The maximum absolute atomic E-state index is 12.8. The topological polar surface area (TPSA) is 67.6 Å². The number of ether oxygens (including phenoxy) is 1. The number of likely N-dealkylation sites (tertiary alicyclic amines) is 1. The number of aliphatic hydroxyl groups is 1. The molecule has 128 valence electrons. The summed E-state index contributed by atoms with van der Waals surface area (Å²) < 4.78 is 7.42. The lowest BCUT2D eigenvalue weighted by Gasteiger charge is -2.15. The first kappa shape index (κ1) is 16.5. The Morgan fingerprint density at radius 3 is 2.83 bits per heavy atom. The van der Waals surface area contributed by atoms with Crippen molar-refractivity contribution in [2.24, 2.45) is 5.92 Å². The smallest absolute Gasteiger partial charge is 0.278 e. The molecule has 6 heteroatoms. The number of benzene rings is 1. The van der Waals surface area contributed by atoms with Gasteiger partial charge in [0, 0.05) is 25.6 Å². The summed E-state index contributed by atoms with van der Waals surface area (Å²) in [6, 6.07) is 9.66. The lowest BCUT2D eigenvalue weighted by molar-refractivity contribution is 0.0771. The number of aromatic nitrogens is 2.